The molecule has 0 atom stereocenters. The van der Waals surface area contributed by atoms with Crippen LogP contribution in [0.5, 0.6) is 0 Å². The minimum atomic E-state index is -0.438. The Balaban J connectivity index is 2.75. The van der Waals surface area contributed by atoms with Crippen molar-refractivity contribution in [1.29, 1.82) is 0 Å². The summed E-state index contributed by atoms with van der Waals surface area (Å²) in [6.07, 6.45) is 1.33. The highest BCUT2D eigenvalue weighted by Gasteiger charge is 2.01. The van der Waals surface area contributed by atoms with Crippen molar-refractivity contribution in [2.75, 3.05) is 7.11 Å². The average Bonchev–Trinajstić information content (AvgIpc) is 2.28. The van der Waals surface area contributed by atoms with E-state index in [2.05, 4.69) is 22.4 Å². The number of hydrogen-bond acceptors (Lipinski definition) is 2. The quantitative estimate of drug-likeness (QED) is 0.766. The van der Waals surface area contributed by atoms with Gasteiger partial charge in [0.25, 0.3) is 0 Å². The van der Waals surface area contributed by atoms with Gasteiger partial charge < -0.3 is 10.1 Å². The van der Waals surface area contributed by atoms with E-state index in [4.69, 9.17) is 0 Å². The Bertz CT molecular complexity index is 392. The first-order valence-electron chi connectivity index (χ1n) is 4.53. The van der Waals surface area contributed by atoms with Gasteiger partial charge >= 0.3 is 6.09 Å². The zero-order chi connectivity index (χ0) is 11.1. The number of carbonyl (C=O) groups excluding carboxylic acids is 1. The lowest BCUT2D eigenvalue weighted by atomic mass is 10.1. The molecule has 0 saturated carbocycles. The van der Waals surface area contributed by atoms with Crippen LogP contribution in [0.1, 0.15) is 11.1 Å². The molecule has 3 heteroatoms. The van der Waals surface area contributed by atoms with Gasteiger partial charge in [0.15, 0.2) is 0 Å². The van der Waals surface area contributed by atoms with Crippen molar-refractivity contribution in [3.8, 4) is 0 Å². The van der Waals surface area contributed by atoms with Crippen molar-refractivity contribution in [2.24, 2.45) is 0 Å². The number of methoxy groups -OCH3 is 1. The first kappa shape index (κ1) is 11.1. The lowest BCUT2D eigenvalue weighted by molar-refractivity contribution is 0.170. The van der Waals surface area contributed by atoms with E-state index in [0.717, 1.165) is 11.1 Å². The van der Waals surface area contributed by atoms with Crippen LogP contribution in [0.15, 0.2) is 36.6 Å². The predicted octanol–water partition coefficient (Wildman–Crippen LogP) is 2.34. The van der Waals surface area contributed by atoms with Gasteiger partial charge in [0.05, 0.1) is 7.11 Å². The SMILES string of the molecule is C=C=Cc1ccccc1CNC(=O)OC. The van der Waals surface area contributed by atoms with Crippen LogP contribution < -0.4 is 5.32 Å². The molecule has 0 spiro atoms. The van der Waals surface area contributed by atoms with Crippen LogP contribution in [0, 0.1) is 0 Å². The third-order valence-electron chi connectivity index (χ3n) is 1.92. The topological polar surface area (TPSA) is 38.3 Å². The van der Waals surface area contributed by atoms with Crippen LogP contribution in [-0.4, -0.2) is 13.2 Å². The number of benzene rings is 1. The molecular weight excluding hydrogens is 190 g/mol. The van der Waals surface area contributed by atoms with Gasteiger partial charge in [-0.25, -0.2) is 4.79 Å². The van der Waals surface area contributed by atoms with Gasteiger partial charge in [0.1, 0.15) is 0 Å². The highest BCUT2D eigenvalue weighted by Crippen LogP contribution is 2.09. The lowest BCUT2D eigenvalue weighted by Crippen LogP contribution is -2.22. The zero-order valence-corrected chi connectivity index (χ0v) is 8.62. The van der Waals surface area contributed by atoms with Crippen molar-refractivity contribution >= 4 is 12.2 Å². The Kier molecular flexibility index (Phi) is 4.20. The van der Waals surface area contributed by atoms with E-state index in [0.29, 0.717) is 6.54 Å². The minimum absolute atomic E-state index is 0.432. The van der Waals surface area contributed by atoms with E-state index in [1.165, 1.54) is 7.11 Å². The van der Waals surface area contributed by atoms with Gasteiger partial charge in [0.2, 0.25) is 0 Å². The number of carbonyl (C=O) groups is 1. The van der Waals surface area contributed by atoms with Gasteiger partial charge in [-0.05, 0) is 17.2 Å². The summed E-state index contributed by atoms with van der Waals surface area (Å²) in [7, 11) is 1.34. The summed E-state index contributed by atoms with van der Waals surface area (Å²) in [4.78, 5) is 10.9. The standard InChI is InChI=1S/C12H13NO2/c1-3-6-10-7-4-5-8-11(10)9-13-12(14)15-2/h4-8H,1,9H2,2H3,(H,13,14). The fraction of sp³-hybridized carbons (Fsp3) is 0.167. The molecule has 0 saturated heterocycles. The monoisotopic (exact) mass is 203 g/mol. The molecule has 78 valence electrons. The third kappa shape index (κ3) is 3.33. The summed E-state index contributed by atoms with van der Waals surface area (Å²) in [6, 6.07) is 7.70. The normalized spacial score (nSPS) is 8.87. The second-order valence-electron chi connectivity index (χ2n) is 2.89. The average molecular weight is 203 g/mol. The van der Waals surface area contributed by atoms with Gasteiger partial charge in [-0.15, -0.1) is 5.73 Å². The Labute approximate surface area is 89.1 Å². The summed E-state index contributed by atoms with van der Waals surface area (Å²) in [5.74, 6) is 0. The third-order valence-corrected chi connectivity index (χ3v) is 1.92. The van der Waals surface area contributed by atoms with Gasteiger partial charge in [0, 0.05) is 6.54 Å². The van der Waals surface area contributed by atoms with E-state index in [9.17, 15) is 4.79 Å². The van der Waals surface area contributed by atoms with E-state index in [1.54, 1.807) is 6.08 Å². The molecular formula is C12H13NO2. The fourth-order valence-electron chi connectivity index (χ4n) is 1.19. The Morgan fingerprint density at radius 2 is 2.33 bits per heavy atom. The number of amides is 1. The second kappa shape index (κ2) is 5.68. The fourth-order valence-corrected chi connectivity index (χ4v) is 1.19. The molecule has 0 radical (unpaired) electrons. The second-order valence-corrected chi connectivity index (χ2v) is 2.89. The van der Waals surface area contributed by atoms with Gasteiger partial charge in [-0.1, -0.05) is 30.8 Å². The molecule has 0 aromatic heterocycles. The van der Waals surface area contributed by atoms with E-state index < -0.39 is 6.09 Å². The lowest BCUT2D eigenvalue weighted by Gasteiger charge is -2.06. The van der Waals surface area contributed by atoms with Gasteiger partial charge in [-0.2, -0.15) is 0 Å². The Morgan fingerprint density at radius 3 is 3.00 bits per heavy atom. The van der Waals surface area contributed by atoms with Crippen LogP contribution in [0.3, 0.4) is 0 Å². The molecule has 0 bridgehead atoms. The molecule has 1 rings (SSSR count). The molecule has 15 heavy (non-hydrogen) atoms. The van der Waals surface area contributed by atoms with Crippen molar-refractivity contribution < 1.29 is 9.53 Å². The van der Waals surface area contributed by atoms with Crippen molar-refractivity contribution in [3.63, 3.8) is 0 Å². The number of ether oxygens (including phenoxy) is 1. The van der Waals surface area contributed by atoms with E-state index >= 15 is 0 Å². The zero-order valence-electron chi connectivity index (χ0n) is 8.62. The largest absolute Gasteiger partial charge is 0.453 e. The maximum Gasteiger partial charge on any atom is 0.407 e. The molecule has 0 heterocycles. The molecule has 0 aliphatic heterocycles. The highest BCUT2D eigenvalue weighted by molar-refractivity contribution is 5.67. The van der Waals surface area contributed by atoms with Crippen LogP contribution in [0.2, 0.25) is 0 Å². The van der Waals surface area contributed by atoms with E-state index in [-0.39, 0.29) is 0 Å². The Morgan fingerprint density at radius 1 is 1.60 bits per heavy atom. The number of alkyl carbamates (subject to hydrolysis) is 1. The van der Waals surface area contributed by atoms with Gasteiger partial charge in [-0.3, -0.25) is 0 Å². The van der Waals surface area contributed by atoms with E-state index in [1.807, 2.05) is 24.3 Å². The predicted molar refractivity (Wildman–Crippen MR) is 59.3 cm³/mol. The molecule has 0 aliphatic carbocycles. The first-order valence-corrected chi connectivity index (χ1v) is 4.53. The smallest absolute Gasteiger partial charge is 0.407 e. The molecule has 1 aromatic carbocycles. The van der Waals surface area contributed by atoms with Crippen LogP contribution in [-0.2, 0) is 11.3 Å². The van der Waals surface area contributed by atoms with Crippen molar-refractivity contribution in [3.05, 3.63) is 47.7 Å². The molecule has 0 fully saturated rings. The van der Waals surface area contributed by atoms with Crippen LogP contribution in [0.25, 0.3) is 6.08 Å². The maximum absolute atomic E-state index is 10.9. The number of nitrogens with one attached hydrogen (secondary N) is 1. The van der Waals surface area contributed by atoms with Crippen LogP contribution in [0.4, 0.5) is 4.79 Å². The molecule has 0 aliphatic rings. The summed E-state index contributed by atoms with van der Waals surface area (Å²) in [5.41, 5.74) is 4.70. The van der Waals surface area contributed by atoms with Crippen molar-refractivity contribution in [1.82, 2.24) is 5.32 Å². The first-order chi connectivity index (χ1) is 7.27. The van der Waals surface area contributed by atoms with Crippen molar-refractivity contribution in [2.45, 2.75) is 6.54 Å². The summed E-state index contributed by atoms with van der Waals surface area (Å²) >= 11 is 0. The summed E-state index contributed by atoms with van der Waals surface area (Å²) in [5, 5.41) is 2.62. The number of rotatable bonds is 3. The highest BCUT2D eigenvalue weighted by atomic mass is 16.5. The molecule has 0 unspecified atom stereocenters. The molecule has 3 nitrogen and oxygen atoms in total. The van der Waals surface area contributed by atoms with Crippen LogP contribution >= 0.6 is 0 Å². The molecule has 1 N–H and O–H groups in total. The molecule has 1 aromatic rings. The summed E-state index contributed by atoms with van der Waals surface area (Å²) in [6.45, 7) is 3.95. The maximum atomic E-state index is 10.9. The molecule has 1 amide bonds. The number of hydrogen-bond donors (Lipinski definition) is 1. The minimum Gasteiger partial charge on any atom is -0.453 e. The Hall–Kier alpha value is -1.99. The summed E-state index contributed by atoms with van der Waals surface area (Å²) < 4.78 is 4.48.